The van der Waals surface area contributed by atoms with Crippen LogP contribution >= 0.6 is 0 Å². The van der Waals surface area contributed by atoms with Crippen LogP contribution in [0.5, 0.6) is 0 Å². The summed E-state index contributed by atoms with van der Waals surface area (Å²) in [5.74, 6) is -1.58. The summed E-state index contributed by atoms with van der Waals surface area (Å²) in [7, 11) is 0. The van der Waals surface area contributed by atoms with Gasteiger partial charge in [-0.25, -0.2) is 9.18 Å². The Labute approximate surface area is 84.2 Å². The number of nitrogen functional groups attached to an aromatic ring is 1. The lowest BCUT2D eigenvalue weighted by Gasteiger charge is -2.04. The third kappa shape index (κ3) is 1.48. The first-order chi connectivity index (χ1) is 7.09. The summed E-state index contributed by atoms with van der Waals surface area (Å²) in [6.07, 6.45) is 1.12. The molecule has 0 unspecified atom stereocenters. The minimum absolute atomic E-state index is 0.0749. The number of aromatic carboxylic acids is 1. The van der Waals surface area contributed by atoms with Crippen molar-refractivity contribution >= 4 is 22.6 Å². The van der Waals surface area contributed by atoms with Crippen LogP contribution in [-0.4, -0.2) is 16.1 Å². The maximum absolute atomic E-state index is 12.8. The molecule has 0 aliphatic rings. The number of benzene rings is 1. The zero-order valence-electron chi connectivity index (χ0n) is 7.57. The summed E-state index contributed by atoms with van der Waals surface area (Å²) in [6.45, 7) is 0. The molecule has 0 saturated heterocycles. The Morgan fingerprint density at radius 1 is 1.47 bits per heavy atom. The van der Waals surface area contributed by atoms with Crippen LogP contribution in [0.3, 0.4) is 0 Å². The van der Waals surface area contributed by atoms with E-state index in [0.717, 1.165) is 6.20 Å². The predicted molar refractivity (Wildman–Crippen MR) is 53.1 cm³/mol. The van der Waals surface area contributed by atoms with E-state index in [4.69, 9.17) is 10.8 Å². The van der Waals surface area contributed by atoms with Gasteiger partial charge < -0.3 is 10.8 Å². The lowest BCUT2D eigenvalue weighted by Crippen LogP contribution is -2.04. The zero-order valence-corrected chi connectivity index (χ0v) is 7.57. The summed E-state index contributed by atoms with van der Waals surface area (Å²) in [6, 6.07) is 3.84. The number of anilines is 1. The predicted octanol–water partition coefficient (Wildman–Crippen LogP) is 1.65. The second-order valence-corrected chi connectivity index (χ2v) is 3.05. The Balaban J connectivity index is 2.80. The average molecular weight is 206 g/mol. The fourth-order valence-corrected chi connectivity index (χ4v) is 1.36. The first-order valence-corrected chi connectivity index (χ1v) is 4.16. The van der Waals surface area contributed by atoms with Crippen LogP contribution in [0.15, 0.2) is 24.4 Å². The molecule has 0 aliphatic carbocycles. The van der Waals surface area contributed by atoms with Gasteiger partial charge in [0.2, 0.25) is 0 Å². The summed E-state index contributed by atoms with van der Waals surface area (Å²) >= 11 is 0. The highest BCUT2D eigenvalue weighted by Gasteiger charge is 2.11. The highest BCUT2D eigenvalue weighted by atomic mass is 19.1. The van der Waals surface area contributed by atoms with Gasteiger partial charge in [0.05, 0.1) is 11.2 Å². The second-order valence-electron chi connectivity index (χ2n) is 3.05. The van der Waals surface area contributed by atoms with E-state index in [1.54, 1.807) is 0 Å². The van der Waals surface area contributed by atoms with Crippen molar-refractivity contribution in [2.24, 2.45) is 0 Å². The van der Waals surface area contributed by atoms with Gasteiger partial charge in [0.15, 0.2) is 0 Å². The van der Waals surface area contributed by atoms with E-state index < -0.39 is 11.8 Å². The fraction of sp³-hybridized carbons (Fsp3) is 0. The van der Waals surface area contributed by atoms with Gasteiger partial charge in [0.1, 0.15) is 11.4 Å². The molecule has 0 aliphatic heterocycles. The van der Waals surface area contributed by atoms with Crippen LogP contribution in [0.4, 0.5) is 10.1 Å². The fourth-order valence-electron chi connectivity index (χ4n) is 1.36. The molecule has 1 aromatic heterocycles. The molecule has 3 N–H and O–H groups in total. The third-order valence-corrected chi connectivity index (χ3v) is 2.10. The van der Waals surface area contributed by atoms with Gasteiger partial charge in [0, 0.05) is 17.6 Å². The molecule has 0 spiro atoms. The maximum Gasteiger partial charge on any atom is 0.339 e. The number of pyridine rings is 1. The monoisotopic (exact) mass is 206 g/mol. The molecule has 4 nitrogen and oxygen atoms in total. The van der Waals surface area contributed by atoms with E-state index >= 15 is 0 Å². The van der Waals surface area contributed by atoms with E-state index in [2.05, 4.69) is 4.98 Å². The Morgan fingerprint density at radius 2 is 2.20 bits per heavy atom. The van der Waals surface area contributed by atoms with Crippen molar-refractivity contribution in [2.75, 3.05) is 5.73 Å². The minimum atomic E-state index is -1.15. The molecule has 0 atom stereocenters. The molecule has 2 aromatic rings. The topological polar surface area (TPSA) is 76.2 Å². The van der Waals surface area contributed by atoms with Crippen LogP contribution in [0.1, 0.15) is 10.4 Å². The Hall–Kier alpha value is -2.17. The van der Waals surface area contributed by atoms with Crippen LogP contribution in [0.2, 0.25) is 0 Å². The van der Waals surface area contributed by atoms with Gasteiger partial charge in [-0.15, -0.1) is 0 Å². The molecule has 5 heteroatoms. The standard InChI is InChI=1S/C10H7FN2O2/c11-5-1-2-6-8(3-5)13-4-7(9(6)12)10(14)15/h1-4H,(H2,12,13)(H,14,15). The molecule has 1 heterocycles. The largest absolute Gasteiger partial charge is 0.478 e. The van der Waals surface area contributed by atoms with Crippen molar-refractivity contribution in [2.45, 2.75) is 0 Å². The molecule has 0 radical (unpaired) electrons. The third-order valence-electron chi connectivity index (χ3n) is 2.10. The normalized spacial score (nSPS) is 10.5. The summed E-state index contributed by atoms with van der Waals surface area (Å²) < 4.78 is 12.8. The molecule has 15 heavy (non-hydrogen) atoms. The molecular weight excluding hydrogens is 199 g/mol. The number of hydrogen-bond acceptors (Lipinski definition) is 3. The summed E-state index contributed by atoms with van der Waals surface area (Å²) in [5.41, 5.74) is 6.00. The van der Waals surface area contributed by atoms with Crippen LogP contribution in [-0.2, 0) is 0 Å². The number of nitrogens with two attached hydrogens (primary N) is 1. The van der Waals surface area contributed by atoms with Gasteiger partial charge in [-0.3, -0.25) is 4.98 Å². The molecule has 76 valence electrons. The van der Waals surface area contributed by atoms with E-state index in [-0.39, 0.29) is 11.3 Å². The average Bonchev–Trinajstić information content (AvgIpc) is 2.17. The lowest BCUT2D eigenvalue weighted by atomic mass is 10.1. The maximum atomic E-state index is 12.8. The second kappa shape index (κ2) is 3.20. The number of fused-ring (bicyclic) bond motifs is 1. The Kier molecular flexibility index (Phi) is 2.00. The number of nitrogens with zero attached hydrogens (tertiary/aromatic N) is 1. The van der Waals surface area contributed by atoms with Crippen molar-refractivity contribution in [1.82, 2.24) is 4.98 Å². The van der Waals surface area contributed by atoms with Crippen molar-refractivity contribution < 1.29 is 14.3 Å². The first kappa shape index (κ1) is 9.39. The molecule has 0 saturated carbocycles. The van der Waals surface area contributed by atoms with Gasteiger partial charge in [-0.2, -0.15) is 0 Å². The molecule has 0 fully saturated rings. The first-order valence-electron chi connectivity index (χ1n) is 4.16. The molecule has 0 amide bonds. The zero-order chi connectivity index (χ0) is 11.0. The van der Waals surface area contributed by atoms with Crippen LogP contribution in [0, 0.1) is 5.82 Å². The number of rotatable bonds is 1. The Bertz CT molecular complexity index is 554. The molecule has 1 aromatic carbocycles. The van der Waals surface area contributed by atoms with Gasteiger partial charge >= 0.3 is 5.97 Å². The molecular formula is C10H7FN2O2. The number of carbonyl (C=O) groups is 1. The van der Waals surface area contributed by atoms with Gasteiger partial charge in [-0.1, -0.05) is 0 Å². The van der Waals surface area contributed by atoms with Crippen LogP contribution in [0.25, 0.3) is 10.9 Å². The Morgan fingerprint density at radius 3 is 2.87 bits per heavy atom. The van der Waals surface area contributed by atoms with E-state index in [1.807, 2.05) is 0 Å². The van der Waals surface area contributed by atoms with Gasteiger partial charge in [-0.05, 0) is 12.1 Å². The summed E-state index contributed by atoms with van der Waals surface area (Å²) in [4.78, 5) is 14.6. The number of carboxylic acid groups (broad SMARTS) is 1. The van der Waals surface area contributed by atoms with Crippen molar-refractivity contribution in [3.63, 3.8) is 0 Å². The van der Waals surface area contributed by atoms with Crippen LogP contribution < -0.4 is 5.73 Å². The molecule has 0 bridgehead atoms. The highest BCUT2D eigenvalue weighted by molar-refractivity contribution is 6.03. The SMILES string of the molecule is Nc1c(C(=O)O)cnc2cc(F)ccc12. The molecule has 2 rings (SSSR count). The number of aromatic nitrogens is 1. The van der Waals surface area contributed by atoms with E-state index in [9.17, 15) is 9.18 Å². The smallest absolute Gasteiger partial charge is 0.339 e. The quantitative estimate of drug-likeness (QED) is 0.743. The van der Waals surface area contributed by atoms with Gasteiger partial charge in [0.25, 0.3) is 0 Å². The number of carboxylic acids is 1. The van der Waals surface area contributed by atoms with Crippen molar-refractivity contribution in [3.05, 3.63) is 35.8 Å². The van der Waals surface area contributed by atoms with Crippen molar-refractivity contribution in [1.29, 1.82) is 0 Å². The van der Waals surface area contributed by atoms with E-state index in [1.165, 1.54) is 18.2 Å². The van der Waals surface area contributed by atoms with Crippen molar-refractivity contribution in [3.8, 4) is 0 Å². The highest BCUT2D eigenvalue weighted by Crippen LogP contribution is 2.23. The number of halogens is 1. The van der Waals surface area contributed by atoms with E-state index in [0.29, 0.717) is 10.9 Å². The number of hydrogen-bond donors (Lipinski definition) is 2. The summed E-state index contributed by atoms with van der Waals surface area (Å²) in [5, 5.41) is 9.23. The minimum Gasteiger partial charge on any atom is -0.478 e. The lowest BCUT2D eigenvalue weighted by molar-refractivity contribution is 0.0698.